The van der Waals surface area contributed by atoms with Gasteiger partial charge in [-0.15, -0.1) is 0 Å². The molecule has 2 atom stereocenters. The first kappa shape index (κ1) is 8.88. The van der Waals surface area contributed by atoms with E-state index in [9.17, 15) is 0 Å². The van der Waals surface area contributed by atoms with E-state index < -0.39 is 0 Å². The van der Waals surface area contributed by atoms with Gasteiger partial charge >= 0.3 is 0 Å². The molecule has 3 heteroatoms. The Labute approximate surface area is 56.0 Å². The van der Waals surface area contributed by atoms with E-state index in [0.717, 1.165) is 0 Å². The number of aliphatic hydroxyl groups is 1. The van der Waals surface area contributed by atoms with Crippen LogP contribution in [0.25, 0.3) is 0 Å². The van der Waals surface area contributed by atoms with Crippen LogP contribution >= 0.6 is 0 Å². The lowest BCUT2D eigenvalue weighted by Crippen LogP contribution is -2.35. The standard InChI is InChI=1S/C6H15NO2/c1-4-9-7-5(2)6(3)8/h5-8H,4H2,1-3H3. The predicted molar refractivity (Wildman–Crippen MR) is 35.9 cm³/mol. The summed E-state index contributed by atoms with van der Waals surface area (Å²) in [6.07, 6.45) is -0.364. The second-order valence-electron chi connectivity index (χ2n) is 2.08. The van der Waals surface area contributed by atoms with Crippen LogP contribution in [-0.2, 0) is 4.84 Å². The molecule has 0 bridgehead atoms. The van der Waals surface area contributed by atoms with E-state index in [1.807, 2.05) is 13.8 Å². The maximum atomic E-state index is 8.91. The summed E-state index contributed by atoms with van der Waals surface area (Å²) in [6, 6.07) is 0.00458. The Kier molecular flexibility index (Phi) is 4.67. The number of hydrogen-bond acceptors (Lipinski definition) is 3. The van der Waals surface area contributed by atoms with Gasteiger partial charge in [-0.2, -0.15) is 5.48 Å². The van der Waals surface area contributed by atoms with Crippen molar-refractivity contribution in [3.05, 3.63) is 0 Å². The number of aliphatic hydroxyl groups excluding tert-OH is 1. The van der Waals surface area contributed by atoms with Crippen LogP contribution in [0.15, 0.2) is 0 Å². The summed E-state index contributed by atoms with van der Waals surface area (Å²) in [4.78, 5) is 4.85. The van der Waals surface area contributed by atoms with Gasteiger partial charge < -0.3 is 9.94 Å². The quantitative estimate of drug-likeness (QED) is 0.542. The third-order valence-electron chi connectivity index (χ3n) is 1.14. The minimum atomic E-state index is -0.364. The summed E-state index contributed by atoms with van der Waals surface area (Å²) in [7, 11) is 0. The maximum absolute atomic E-state index is 8.91. The smallest absolute Gasteiger partial charge is 0.0685 e. The molecule has 0 radical (unpaired) electrons. The van der Waals surface area contributed by atoms with E-state index >= 15 is 0 Å². The molecule has 0 saturated carbocycles. The lowest BCUT2D eigenvalue weighted by molar-refractivity contribution is -0.00633. The molecule has 56 valence electrons. The molecular weight excluding hydrogens is 118 g/mol. The topological polar surface area (TPSA) is 41.5 Å². The first-order chi connectivity index (χ1) is 4.18. The first-order valence-corrected chi connectivity index (χ1v) is 3.23. The molecule has 9 heavy (non-hydrogen) atoms. The van der Waals surface area contributed by atoms with Crippen molar-refractivity contribution in [2.24, 2.45) is 0 Å². The average Bonchev–Trinajstić information content (AvgIpc) is 1.82. The summed E-state index contributed by atoms with van der Waals surface area (Å²) < 4.78 is 0. The molecule has 0 amide bonds. The summed E-state index contributed by atoms with van der Waals surface area (Å²) in [6.45, 7) is 6.09. The normalized spacial score (nSPS) is 17.3. The minimum absolute atomic E-state index is 0.00458. The Bertz CT molecular complexity index is 66.1. The Morgan fingerprint density at radius 3 is 2.44 bits per heavy atom. The SMILES string of the molecule is CCONC(C)C(C)O. The highest BCUT2D eigenvalue weighted by atomic mass is 16.6. The Hall–Kier alpha value is -0.120. The zero-order chi connectivity index (χ0) is 7.28. The fourth-order valence-corrected chi connectivity index (χ4v) is 0.313. The Morgan fingerprint density at radius 1 is 1.56 bits per heavy atom. The van der Waals surface area contributed by atoms with Crippen molar-refractivity contribution < 1.29 is 9.94 Å². The number of rotatable bonds is 4. The van der Waals surface area contributed by atoms with Crippen LogP contribution < -0.4 is 5.48 Å². The van der Waals surface area contributed by atoms with Crippen LogP contribution in [0.1, 0.15) is 20.8 Å². The van der Waals surface area contributed by atoms with Gasteiger partial charge in [0.25, 0.3) is 0 Å². The lowest BCUT2D eigenvalue weighted by atomic mass is 10.2. The van der Waals surface area contributed by atoms with Gasteiger partial charge in [-0.05, 0) is 20.8 Å². The molecule has 2 N–H and O–H groups in total. The van der Waals surface area contributed by atoms with Crippen LogP contribution in [0.4, 0.5) is 0 Å². The molecule has 0 aliphatic rings. The van der Waals surface area contributed by atoms with Crippen LogP contribution in [0, 0.1) is 0 Å². The maximum Gasteiger partial charge on any atom is 0.0685 e. The molecular formula is C6H15NO2. The molecule has 0 aliphatic carbocycles. The molecule has 0 aromatic carbocycles. The van der Waals surface area contributed by atoms with Gasteiger partial charge in [-0.25, -0.2) is 0 Å². The van der Waals surface area contributed by atoms with Crippen LogP contribution in [0.5, 0.6) is 0 Å². The van der Waals surface area contributed by atoms with Gasteiger partial charge in [0.15, 0.2) is 0 Å². The highest BCUT2D eigenvalue weighted by molar-refractivity contribution is 4.59. The minimum Gasteiger partial charge on any atom is -0.392 e. The van der Waals surface area contributed by atoms with Gasteiger partial charge in [-0.1, -0.05) is 0 Å². The first-order valence-electron chi connectivity index (χ1n) is 3.23. The molecule has 0 aromatic heterocycles. The molecule has 0 spiro atoms. The van der Waals surface area contributed by atoms with Crippen molar-refractivity contribution in [1.82, 2.24) is 5.48 Å². The highest BCUT2D eigenvalue weighted by Crippen LogP contribution is 1.88. The molecule has 3 nitrogen and oxygen atoms in total. The molecule has 0 heterocycles. The summed E-state index contributed by atoms with van der Waals surface area (Å²) in [5.74, 6) is 0. The van der Waals surface area contributed by atoms with Gasteiger partial charge in [0.2, 0.25) is 0 Å². The number of nitrogens with one attached hydrogen (secondary N) is 1. The largest absolute Gasteiger partial charge is 0.392 e. The molecule has 0 aromatic rings. The zero-order valence-corrected chi connectivity index (χ0v) is 6.22. The Morgan fingerprint density at radius 2 is 2.11 bits per heavy atom. The zero-order valence-electron chi connectivity index (χ0n) is 6.22. The Balaban J connectivity index is 3.16. The fraction of sp³-hybridized carbons (Fsp3) is 1.00. The van der Waals surface area contributed by atoms with E-state index in [2.05, 4.69) is 5.48 Å². The van der Waals surface area contributed by atoms with E-state index in [1.54, 1.807) is 6.92 Å². The van der Waals surface area contributed by atoms with Gasteiger partial charge in [0, 0.05) is 0 Å². The molecule has 2 unspecified atom stereocenters. The van der Waals surface area contributed by atoms with Gasteiger partial charge in [0.1, 0.15) is 0 Å². The lowest BCUT2D eigenvalue weighted by Gasteiger charge is -2.14. The molecule has 0 fully saturated rings. The van der Waals surface area contributed by atoms with Crippen LogP contribution in [0.3, 0.4) is 0 Å². The second kappa shape index (κ2) is 4.73. The molecule has 0 aliphatic heterocycles. The van der Waals surface area contributed by atoms with Gasteiger partial charge in [-0.3, -0.25) is 0 Å². The van der Waals surface area contributed by atoms with E-state index in [-0.39, 0.29) is 12.1 Å². The summed E-state index contributed by atoms with van der Waals surface area (Å²) >= 11 is 0. The molecule has 0 saturated heterocycles. The van der Waals surface area contributed by atoms with Crippen LogP contribution in [0.2, 0.25) is 0 Å². The fourth-order valence-electron chi connectivity index (χ4n) is 0.313. The van der Waals surface area contributed by atoms with E-state index in [4.69, 9.17) is 9.94 Å². The van der Waals surface area contributed by atoms with Crippen molar-refractivity contribution in [3.8, 4) is 0 Å². The number of hydroxylamine groups is 1. The predicted octanol–water partition coefficient (Wildman–Crippen LogP) is 0.297. The van der Waals surface area contributed by atoms with Crippen molar-refractivity contribution in [3.63, 3.8) is 0 Å². The van der Waals surface area contributed by atoms with E-state index in [0.29, 0.717) is 6.61 Å². The summed E-state index contributed by atoms with van der Waals surface area (Å²) in [5.41, 5.74) is 2.68. The van der Waals surface area contributed by atoms with Crippen molar-refractivity contribution >= 4 is 0 Å². The van der Waals surface area contributed by atoms with Crippen molar-refractivity contribution in [2.75, 3.05) is 6.61 Å². The third-order valence-corrected chi connectivity index (χ3v) is 1.14. The second-order valence-corrected chi connectivity index (χ2v) is 2.08. The summed E-state index contributed by atoms with van der Waals surface area (Å²) in [5, 5.41) is 8.91. The monoisotopic (exact) mass is 133 g/mol. The van der Waals surface area contributed by atoms with E-state index in [1.165, 1.54) is 0 Å². The number of hydrogen-bond donors (Lipinski definition) is 2. The molecule has 0 rings (SSSR count). The van der Waals surface area contributed by atoms with Gasteiger partial charge in [0.05, 0.1) is 18.8 Å². The van der Waals surface area contributed by atoms with Crippen LogP contribution in [-0.4, -0.2) is 23.9 Å². The highest BCUT2D eigenvalue weighted by Gasteiger charge is 2.05. The van der Waals surface area contributed by atoms with Crippen molar-refractivity contribution in [1.29, 1.82) is 0 Å². The van der Waals surface area contributed by atoms with Crippen molar-refractivity contribution in [2.45, 2.75) is 32.9 Å². The average molecular weight is 133 g/mol. The third kappa shape index (κ3) is 4.39.